The van der Waals surface area contributed by atoms with Crippen LogP contribution < -0.4 is 4.74 Å². The van der Waals surface area contributed by atoms with E-state index in [1.54, 1.807) is 6.08 Å². The van der Waals surface area contributed by atoms with Gasteiger partial charge in [0.15, 0.2) is 5.70 Å². The van der Waals surface area contributed by atoms with Gasteiger partial charge in [0.1, 0.15) is 5.75 Å². The lowest BCUT2D eigenvalue weighted by atomic mass is 10.1. The van der Waals surface area contributed by atoms with Gasteiger partial charge in [-0.15, -0.1) is 0 Å². The third-order valence-corrected chi connectivity index (χ3v) is 5.55. The van der Waals surface area contributed by atoms with Gasteiger partial charge in [-0.25, -0.2) is 9.79 Å². The minimum Gasteiger partial charge on any atom is -0.494 e. The Morgan fingerprint density at radius 1 is 0.909 bits per heavy atom. The van der Waals surface area contributed by atoms with Gasteiger partial charge in [0, 0.05) is 5.56 Å². The van der Waals surface area contributed by atoms with E-state index in [2.05, 4.69) is 11.9 Å². The summed E-state index contributed by atoms with van der Waals surface area (Å²) in [4.78, 5) is 16.7. The zero-order chi connectivity index (χ0) is 23.3. The van der Waals surface area contributed by atoms with Gasteiger partial charge in [0.25, 0.3) is 0 Å². The highest BCUT2D eigenvalue weighted by Crippen LogP contribution is 2.21. The Bertz CT molecular complexity index is 972. The van der Waals surface area contributed by atoms with Gasteiger partial charge in [-0.2, -0.15) is 0 Å². The highest BCUT2D eigenvalue weighted by Gasteiger charge is 2.24. The number of benzene rings is 2. The van der Waals surface area contributed by atoms with Crippen molar-refractivity contribution in [2.45, 2.75) is 65.2 Å². The Labute approximate surface area is 198 Å². The molecule has 0 saturated heterocycles. The normalized spacial score (nSPS) is 15.0. The number of rotatable bonds is 13. The summed E-state index contributed by atoms with van der Waals surface area (Å²) in [6.45, 7) is 4.92. The van der Waals surface area contributed by atoms with Crippen LogP contribution >= 0.6 is 0 Å². The van der Waals surface area contributed by atoms with Gasteiger partial charge in [0.05, 0.1) is 6.61 Å². The van der Waals surface area contributed by atoms with Crippen molar-refractivity contribution in [2.75, 3.05) is 6.61 Å². The molecule has 0 spiro atoms. The van der Waals surface area contributed by atoms with Gasteiger partial charge >= 0.3 is 5.97 Å². The van der Waals surface area contributed by atoms with Crippen molar-refractivity contribution in [1.29, 1.82) is 0 Å². The minimum absolute atomic E-state index is 0.310. The predicted molar refractivity (Wildman–Crippen MR) is 135 cm³/mol. The molecule has 1 heterocycles. The number of ether oxygens (including phenoxy) is 2. The molecule has 0 atom stereocenters. The van der Waals surface area contributed by atoms with Crippen molar-refractivity contribution in [3.05, 3.63) is 83.1 Å². The number of aliphatic imine (C=N–C) groups is 1. The molecule has 0 bridgehead atoms. The molecule has 0 radical (unpaired) electrons. The lowest BCUT2D eigenvalue weighted by molar-refractivity contribution is -0.130. The number of hydrogen-bond donors (Lipinski definition) is 0. The molecule has 0 amide bonds. The summed E-state index contributed by atoms with van der Waals surface area (Å²) in [5.74, 6) is 0.721. The molecular weight excluding hydrogens is 410 g/mol. The van der Waals surface area contributed by atoms with Gasteiger partial charge in [-0.05, 0) is 54.8 Å². The number of cyclic esters (lactones) is 1. The Hall–Kier alpha value is -3.14. The Morgan fingerprint density at radius 2 is 1.58 bits per heavy atom. The van der Waals surface area contributed by atoms with E-state index in [9.17, 15) is 4.79 Å². The smallest absolute Gasteiger partial charge is 0.363 e. The number of carbonyl (C=O) groups excluding carboxylic acids is 1. The van der Waals surface area contributed by atoms with Crippen LogP contribution in [0, 0.1) is 0 Å². The quantitative estimate of drug-likeness (QED) is 0.182. The average Bonchev–Trinajstić information content (AvgIpc) is 3.19. The number of unbranched alkanes of at least 4 members (excludes halogenated alkanes) is 7. The van der Waals surface area contributed by atoms with E-state index in [1.165, 1.54) is 44.9 Å². The molecular formula is C29H35NO3. The molecule has 0 saturated carbocycles. The first-order chi connectivity index (χ1) is 16.2. The molecule has 1 aliphatic heterocycles. The molecule has 4 nitrogen and oxygen atoms in total. The molecule has 2 aromatic rings. The predicted octanol–water partition coefficient (Wildman–Crippen LogP) is 7.50. The highest BCUT2D eigenvalue weighted by molar-refractivity contribution is 6.11. The van der Waals surface area contributed by atoms with Crippen molar-refractivity contribution in [3.8, 4) is 5.75 Å². The molecule has 0 unspecified atom stereocenters. The fraction of sp³-hybridized carbons (Fsp3) is 0.379. The molecule has 2 aromatic carbocycles. The summed E-state index contributed by atoms with van der Waals surface area (Å²) < 4.78 is 11.2. The Balaban J connectivity index is 1.47. The van der Waals surface area contributed by atoms with Crippen molar-refractivity contribution >= 4 is 17.9 Å². The molecule has 0 N–H and O–H groups in total. The summed E-state index contributed by atoms with van der Waals surface area (Å²) >= 11 is 0. The zero-order valence-electron chi connectivity index (χ0n) is 19.9. The summed E-state index contributed by atoms with van der Waals surface area (Å²) in [6.07, 6.45) is 14.0. The average molecular weight is 446 g/mol. The zero-order valence-corrected chi connectivity index (χ0v) is 19.9. The van der Waals surface area contributed by atoms with Crippen LogP contribution in [-0.4, -0.2) is 18.5 Å². The second kappa shape index (κ2) is 13.4. The monoisotopic (exact) mass is 445 g/mol. The van der Waals surface area contributed by atoms with Gasteiger partial charge in [-0.1, -0.05) is 88.3 Å². The van der Waals surface area contributed by atoms with Crippen LogP contribution in [0.3, 0.4) is 0 Å². The topological polar surface area (TPSA) is 47.9 Å². The molecule has 33 heavy (non-hydrogen) atoms. The molecule has 3 rings (SSSR count). The summed E-state index contributed by atoms with van der Waals surface area (Å²) in [7, 11) is 0. The fourth-order valence-electron chi connectivity index (χ4n) is 3.72. The highest BCUT2D eigenvalue weighted by atomic mass is 16.6. The van der Waals surface area contributed by atoms with Crippen LogP contribution in [0.1, 0.15) is 76.3 Å². The van der Waals surface area contributed by atoms with Crippen molar-refractivity contribution in [1.82, 2.24) is 0 Å². The second-order valence-corrected chi connectivity index (χ2v) is 8.48. The van der Waals surface area contributed by atoms with E-state index < -0.39 is 5.97 Å². The van der Waals surface area contributed by atoms with Gasteiger partial charge in [0.2, 0.25) is 5.90 Å². The van der Waals surface area contributed by atoms with Crippen molar-refractivity contribution in [2.24, 2.45) is 4.99 Å². The standard InChI is InChI=1S/C29H35NO3/c1-3-4-5-6-7-8-9-13-20-32-26-18-16-25(17-19-26)28-30-27(29(31)33-28)22-23(2)21-24-14-11-10-12-15-24/h10-12,14-19,21-22H,3-9,13,20H2,1-2H3/b23-21+,27-22-. The van der Waals surface area contributed by atoms with Crippen LogP contribution in [-0.2, 0) is 9.53 Å². The Kier molecular flexibility index (Phi) is 9.96. The van der Waals surface area contributed by atoms with E-state index in [4.69, 9.17) is 9.47 Å². The molecule has 174 valence electrons. The van der Waals surface area contributed by atoms with E-state index in [0.717, 1.165) is 35.5 Å². The minimum atomic E-state index is -0.430. The van der Waals surface area contributed by atoms with E-state index >= 15 is 0 Å². The summed E-state index contributed by atoms with van der Waals surface area (Å²) in [5, 5.41) is 0. The maximum Gasteiger partial charge on any atom is 0.363 e. The third-order valence-electron chi connectivity index (χ3n) is 5.55. The third kappa shape index (κ3) is 8.38. The van der Waals surface area contributed by atoms with E-state index in [-0.39, 0.29) is 0 Å². The fourth-order valence-corrected chi connectivity index (χ4v) is 3.72. The first kappa shape index (κ1) is 24.5. The molecule has 1 aliphatic rings. The number of nitrogens with zero attached hydrogens (tertiary/aromatic N) is 1. The van der Waals surface area contributed by atoms with Gasteiger partial charge < -0.3 is 9.47 Å². The lowest BCUT2D eigenvalue weighted by Crippen LogP contribution is -2.05. The molecule has 4 heteroatoms. The number of carbonyl (C=O) groups is 1. The van der Waals surface area contributed by atoms with Crippen LogP contribution in [0.15, 0.2) is 76.9 Å². The maximum absolute atomic E-state index is 12.3. The number of allylic oxidation sites excluding steroid dienone is 2. The summed E-state index contributed by atoms with van der Waals surface area (Å²) in [5.41, 5.74) is 3.08. The second-order valence-electron chi connectivity index (χ2n) is 8.48. The number of hydrogen-bond acceptors (Lipinski definition) is 4. The first-order valence-corrected chi connectivity index (χ1v) is 12.1. The SMILES string of the molecule is CCCCCCCCCCOc1ccc(C2=N/C(=C\C(C)=C\c3ccccc3)C(=O)O2)cc1. The van der Waals surface area contributed by atoms with Gasteiger partial charge in [-0.3, -0.25) is 0 Å². The maximum atomic E-state index is 12.3. The van der Waals surface area contributed by atoms with Crippen LogP contribution in [0.5, 0.6) is 5.75 Å². The van der Waals surface area contributed by atoms with Crippen molar-refractivity contribution in [3.63, 3.8) is 0 Å². The van der Waals surface area contributed by atoms with Crippen LogP contribution in [0.4, 0.5) is 0 Å². The summed E-state index contributed by atoms with van der Waals surface area (Å²) in [6, 6.07) is 17.5. The van der Waals surface area contributed by atoms with Crippen molar-refractivity contribution < 1.29 is 14.3 Å². The van der Waals surface area contributed by atoms with E-state index in [0.29, 0.717) is 11.6 Å². The largest absolute Gasteiger partial charge is 0.494 e. The lowest BCUT2D eigenvalue weighted by Gasteiger charge is -2.07. The Morgan fingerprint density at radius 3 is 2.27 bits per heavy atom. The van der Waals surface area contributed by atoms with Crippen LogP contribution in [0.2, 0.25) is 0 Å². The van der Waals surface area contributed by atoms with E-state index in [1.807, 2.05) is 67.6 Å². The molecule has 0 aromatic heterocycles. The molecule has 0 aliphatic carbocycles. The van der Waals surface area contributed by atoms with Crippen LogP contribution in [0.25, 0.3) is 6.08 Å². The number of esters is 1. The first-order valence-electron chi connectivity index (χ1n) is 12.1. The molecule has 0 fully saturated rings.